The van der Waals surface area contributed by atoms with Crippen molar-refractivity contribution in [3.63, 3.8) is 0 Å². The maximum atomic E-state index is 12.4. The Bertz CT molecular complexity index is 897. The number of hydrogen-bond donors (Lipinski definition) is 2. The molecule has 0 unspecified atom stereocenters. The van der Waals surface area contributed by atoms with Crippen LogP contribution in [0.1, 0.15) is 23.2 Å². The van der Waals surface area contributed by atoms with Gasteiger partial charge in [-0.05, 0) is 37.0 Å². The lowest BCUT2D eigenvalue weighted by Gasteiger charge is -2.02. The molecule has 22 heavy (non-hydrogen) atoms. The van der Waals surface area contributed by atoms with E-state index in [9.17, 15) is 4.79 Å². The molecule has 0 saturated carbocycles. The van der Waals surface area contributed by atoms with E-state index in [0.717, 1.165) is 40.6 Å². The van der Waals surface area contributed by atoms with Crippen LogP contribution in [-0.2, 0) is 19.4 Å². The zero-order valence-corrected chi connectivity index (χ0v) is 13.4. The van der Waals surface area contributed by atoms with Crippen LogP contribution in [0.5, 0.6) is 0 Å². The highest BCUT2D eigenvalue weighted by Gasteiger charge is 2.19. The van der Waals surface area contributed by atoms with Crippen molar-refractivity contribution < 1.29 is 0 Å². The van der Waals surface area contributed by atoms with Crippen molar-refractivity contribution in [2.45, 2.75) is 25.8 Å². The van der Waals surface area contributed by atoms with Gasteiger partial charge in [0.1, 0.15) is 0 Å². The molecule has 1 aliphatic carbocycles. The molecule has 0 radical (unpaired) electrons. The predicted octanol–water partition coefficient (Wildman–Crippen LogP) is 2.28. The quantitative estimate of drug-likeness (QED) is 0.752. The molecule has 2 heterocycles. The fourth-order valence-electron chi connectivity index (χ4n) is 2.75. The summed E-state index contributed by atoms with van der Waals surface area (Å²) in [7, 11) is 0. The lowest BCUT2D eigenvalue weighted by atomic mass is 10.2. The average Bonchev–Trinajstić information content (AvgIpc) is 3.14. The molecular formula is C15H14BrN5O. The molecule has 0 saturated heterocycles. The van der Waals surface area contributed by atoms with Crippen molar-refractivity contribution >= 4 is 27.7 Å². The molecule has 1 aliphatic rings. The molecule has 0 aliphatic heterocycles. The molecule has 112 valence electrons. The lowest BCUT2D eigenvalue weighted by molar-refractivity contribution is 0.868. The van der Waals surface area contributed by atoms with E-state index >= 15 is 0 Å². The molecule has 2 aromatic heterocycles. The number of rotatable bonds is 3. The Morgan fingerprint density at radius 2 is 2.05 bits per heavy atom. The Hall–Kier alpha value is -2.15. The first-order valence-corrected chi connectivity index (χ1v) is 7.99. The SMILES string of the molecule is O=c1c2c(nc3nc(NCc4ccc(Br)cc4)[nH]n13)CCC2. The molecule has 6 nitrogen and oxygen atoms in total. The van der Waals surface area contributed by atoms with E-state index in [-0.39, 0.29) is 5.56 Å². The van der Waals surface area contributed by atoms with Gasteiger partial charge in [-0.1, -0.05) is 28.1 Å². The number of aromatic nitrogens is 4. The number of halogens is 1. The van der Waals surface area contributed by atoms with Gasteiger partial charge in [0.2, 0.25) is 5.95 Å². The Balaban J connectivity index is 1.62. The first kappa shape index (κ1) is 13.5. The van der Waals surface area contributed by atoms with Crippen molar-refractivity contribution in [1.29, 1.82) is 0 Å². The number of fused-ring (bicyclic) bond motifs is 2. The van der Waals surface area contributed by atoms with E-state index in [4.69, 9.17) is 0 Å². The number of H-pyrrole nitrogens is 1. The number of hydrogen-bond acceptors (Lipinski definition) is 4. The van der Waals surface area contributed by atoms with Gasteiger partial charge in [-0.15, -0.1) is 0 Å². The minimum absolute atomic E-state index is 0.0262. The summed E-state index contributed by atoms with van der Waals surface area (Å²) >= 11 is 3.41. The number of aryl methyl sites for hydroxylation is 1. The topological polar surface area (TPSA) is 75.1 Å². The van der Waals surface area contributed by atoms with Gasteiger partial charge in [-0.2, -0.15) is 9.50 Å². The normalized spacial score (nSPS) is 13.5. The van der Waals surface area contributed by atoms with Gasteiger partial charge < -0.3 is 5.32 Å². The van der Waals surface area contributed by atoms with E-state index in [2.05, 4.69) is 36.3 Å². The van der Waals surface area contributed by atoms with Crippen LogP contribution in [0.15, 0.2) is 33.5 Å². The molecule has 1 aromatic carbocycles. The van der Waals surface area contributed by atoms with Crippen LogP contribution in [0.2, 0.25) is 0 Å². The van der Waals surface area contributed by atoms with Crippen LogP contribution in [0, 0.1) is 0 Å². The fraction of sp³-hybridized carbons (Fsp3) is 0.267. The van der Waals surface area contributed by atoms with Gasteiger partial charge in [0.25, 0.3) is 11.3 Å². The largest absolute Gasteiger partial charge is 0.351 e. The lowest BCUT2D eigenvalue weighted by Crippen LogP contribution is -2.20. The van der Waals surface area contributed by atoms with Crippen LogP contribution >= 0.6 is 15.9 Å². The Labute approximate surface area is 134 Å². The zero-order valence-electron chi connectivity index (χ0n) is 11.8. The number of anilines is 1. The molecule has 0 fully saturated rings. The summed E-state index contributed by atoms with van der Waals surface area (Å²) in [5, 5.41) is 6.18. The van der Waals surface area contributed by atoms with Gasteiger partial charge in [-0.25, -0.2) is 4.98 Å². The summed E-state index contributed by atoms with van der Waals surface area (Å²) in [5.41, 5.74) is 2.82. The second-order valence-electron chi connectivity index (χ2n) is 5.38. The second-order valence-corrected chi connectivity index (χ2v) is 6.30. The molecular weight excluding hydrogens is 346 g/mol. The van der Waals surface area contributed by atoms with Crippen molar-refractivity contribution in [1.82, 2.24) is 19.6 Å². The van der Waals surface area contributed by atoms with Crippen molar-refractivity contribution in [3.8, 4) is 0 Å². The first-order chi connectivity index (χ1) is 10.7. The van der Waals surface area contributed by atoms with E-state index < -0.39 is 0 Å². The first-order valence-electron chi connectivity index (χ1n) is 7.19. The standard InChI is InChI=1S/C15H14BrN5O/c16-10-6-4-9(5-7-10)8-17-14-19-15-18-12-3-1-2-11(12)13(22)21(15)20-14/h4-7H,1-3,8H2,(H2,17,18,19,20). The smallest absolute Gasteiger partial charge is 0.277 e. The van der Waals surface area contributed by atoms with Gasteiger partial charge in [0, 0.05) is 16.6 Å². The fourth-order valence-corrected chi connectivity index (χ4v) is 3.02. The molecule has 4 rings (SSSR count). The summed E-state index contributed by atoms with van der Waals surface area (Å²) in [6.07, 6.45) is 2.68. The van der Waals surface area contributed by atoms with Gasteiger partial charge in [0.15, 0.2) is 0 Å². The average molecular weight is 360 g/mol. The number of benzene rings is 1. The highest BCUT2D eigenvalue weighted by atomic mass is 79.9. The molecule has 0 amide bonds. The predicted molar refractivity (Wildman–Crippen MR) is 87.1 cm³/mol. The Morgan fingerprint density at radius 3 is 2.86 bits per heavy atom. The van der Waals surface area contributed by atoms with Gasteiger partial charge in [0.05, 0.1) is 5.69 Å². The minimum atomic E-state index is -0.0262. The summed E-state index contributed by atoms with van der Waals surface area (Å²) in [6, 6.07) is 8.04. The summed E-state index contributed by atoms with van der Waals surface area (Å²) in [4.78, 5) is 21.2. The van der Waals surface area contributed by atoms with Crippen molar-refractivity contribution in [2.24, 2.45) is 0 Å². The van der Waals surface area contributed by atoms with E-state index in [1.165, 1.54) is 4.52 Å². The van der Waals surface area contributed by atoms with Crippen LogP contribution in [-0.4, -0.2) is 19.6 Å². The van der Waals surface area contributed by atoms with Crippen LogP contribution in [0.3, 0.4) is 0 Å². The van der Waals surface area contributed by atoms with Crippen LogP contribution < -0.4 is 10.9 Å². The number of nitrogens with zero attached hydrogens (tertiary/aromatic N) is 3. The summed E-state index contributed by atoms with van der Waals surface area (Å²) in [5.74, 6) is 0.986. The summed E-state index contributed by atoms with van der Waals surface area (Å²) in [6.45, 7) is 0.627. The third-order valence-corrected chi connectivity index (χ3v) is 4.42. The second kappa shape index (κ2) is 5.24. The molecule has 0 atom stereocenters. The van der Waals surface area contributed by atoms with E-state index in [1.54, 1.807) is 0 Å². The van der Waals surface area contributed by atoms with Gasteiger partial charge in [-0.3, -0.25) is 9.89 Å². The molecule has 7 heteroatoms. The maximum absolute atomic E-state index is 12.4. The highest BCUT2D eigenvalue weighted by molar-refractivity contribution is 9.10. The van der Waals surface area contributed by atoms with Crippen molar-refractivity contribution in [2.75, 3.05) is 5.32 Å². The third kappa shape index (κ3) is 2.31. The third-order valence-electron chi connectivity index (χ3n) is 3.89. The zero-order chi connectivity index (χ0) is 15.1. The molecule has 0 bridgehead atoms. The van der Waals surface area contributed by atoms with Crippen molar-refractivity contribution in [3.05, 3.63) is 55.9 Å². The number of aromatic amines is 1. The van der Waals surface area contributed by atoms with E-state index in [1.807, 2.05) is 24.3 Å². The monoisotopic (exact) mass is 359 g/mol. The molecule has 2 N–H and O–H groups in total. The molecule has 0 spiro atoms. The maximum Gasteiger partial charge on any atom is 0.277 e. The minimum Gasteiger partial charge on any atom is -0.351 e. The van der Waals surface area contributed by atoms with E-state index in [0.29, 0.717) is 18.3 Å². The van der Waals surface area contributed by atoms with Crippen LogP contribution in [0.4, 0.5) is 5.95 Å². The number of nitrogens with one attached hydrogen (secondary N) is 2. The van der Waals surface area contributed by atoms with Crippen LogP contribution in [0.25, 0.3) is 5.78 Å². The molecule has 3 aromatic rings. The Morgan fingerprint density at radius 1 is 1.23 bits per heavy atom. The Kier molecular flexibility index (Phi) is 3.22. The highest BCUT2D eigenvalue weighted by Crippen LogP contribution is 2.17. The summed E-state index contributed by atoms with van der Waals surface area (Å²) < 4.78 is 2.47. The van der Waals surface area contributed by atoms with Gasteiger partial charge >= 0.3 is 0 Å².